The summed E-state index contributed by atoms with van der Waals surface area (Å²) < 4.78 is 13.8. The zero-order valence-corrected chi connectivity index (χ0v) is 14.4. The van der Waals surface area contributed by atoms with Crippen molar-refractivity contribution in [3.8, 4) is 28.6 Å². The Hall–Kier alpha value is -2.86. The highest BCUT2D eigenvalue weighted by Crippen LogP contribution is 2.38. The molecular formula is C20H20N4O2. The van der Waals surface area contributed by atoms with Gasteiger partial charge in [-0.05, 0) is 61.3 Å². The van der Waals surface area contributed by atoms with E-state index in [1.807, 2.05) is 29.1 Å². The van der Waals surface area contributed by atoms with Gasteiger partial charge >= 0.3 is 0 Å². The van der Waals surface area contributed by atoms with E-state index in [-0.39, 0.29) is 6.10 Å². The van der Waals surface area contributed by atoms with Crippen LogP contribution in [0.1, 0.15) is 18.4 Å². The minimum atomic E-state index is 0.231. The first-order valence-corrected chi connectivity index (χ1v) is 9.01. The summed E-state index contributed by atoms with van der Waals surface area (Å²) in [6, 6.07) is 12.2. The van der Waals surface area contributed by atoms with Gasteiger partial charge in [0.15, 0.2) is 0 Å². The lowest BCUT2D eigenvalue weighted by Gasteiger charge is -2.25. The fourth-order valence-corrected chi connectivity index (χ4v) is 3.56. The fraction of sp³-hybridized carbons (Fsp3) is 0.300. The summed E-state index contributed by atoms with van der Waals surface area (Å²) in [6.45, 7) is 2.50. The molecule has 2 aliphatic rings. The second-order valence-corrected chi connectivity index (χ2v) is 6.65. The van der Waals surface area contributed by atoms with Gasteiger partial charge < -0.3 is 14.8 Å². The van der Waals surface area contributed by atoms with E-state index < -0.39 is 0 Å². The van der Waals surface area contributed by atoms with Crippen LogP contribution in [0.25, 0.3) is 16.8 Å². The molecule has 0 radical (unpaired) electrons. The lowest BCUT2D eigenvalue weighted by Crippen LogP contribution is -2.34. The molecule has 26 heavy (non-hydrogen) atoms. The Kier molecular flexibility index (Phi) is 3.83. The lowest BCUT2D eigenvalue weighted by atomic mass is 9.98. The smallest absolute Gasteiger partial charge is 0.225 e. The SMILES string of the molecule is c1cnn(-c2ccc3c(c2)COc2nc(OC4CCNCC4)ccc2-3)c1. The summed E-state index contributed by atoms with van der Waals surface area (Å²) in [5.41, 5.74) is 4.33. The van der Waals surface area contributed by atoms with Crippen molar-refractivity contribution in [2.75, 3.05) is 13.1 Å². The molecule has 0 bridgehead atoms. The Labute approximate surface area is 151 Å². The van der Waals surface area contributed by atoms with Crippen molar-refractivity contribution in [2.45, 2.75) is 25.6 Å². The summed E-state index contributed by atoms with van der Waals surface area (Å²) in [6.07, 6.45) is 5.97. The maximum Gasteiger partial charge on any atom is 0.225 e. The third-order valence-corrected chi connectivity index (χ3v) is 4.92. The summed E-state index contributed by atoms with van der Waals surface area (Å²) in [7, 11) is 0. The first-order valence-electron chi connectivity index (χ1n) is 9.01. The summed E-state index contributed by atoms with van der Waals surface area (Å²) in [5, 5.41) is 7.63. The van der Waals surface area contributed by atoms with Crippen LogP contribution in [0.3, 0.4) is 0 Å². The monoisotopic (exact) mass is 348 g/mol. The number of fused-ring (bicyclic) bond motifs is 3. The van der Waals surface area contributed by atoms with Gasteiger partial charge in [-0.25, -0.2) is 4.68 Å². The highest BCUT2D eigenvalue weighted by atomic mass is 16.5. The lowest BCUT2D eigenvalue weighted by molar-refractivity contribution is 0.153. The second kappa shape index (κ2) is 6.46. The molecule has 4 heterocycles. The van der Waals surface area contributed by atoms with Crippen LogP contribution in [-0.4, -0.2) is 34.0 Å². The first-order chi connectivity index (χ1) is 12.9. The molecule has 0 spiro atoms. The molecule has 1 N–H and O–H groups in total. The van der Waals surface area contributed by atoms with E-state index >= 15 is 0 Å². The zero-order valence-electron chi connectivity index (χ0n) is 14.4. The van der Waals surface area contributed by atoms with Crippen molar-refractivity contribution in [3.05, 3.63) is 54.4 Å². The molecule has 0 saturated carbocycles. The average molecular weight is 348 g/mol. The number of nitrogens with zero attached hydrogens (tertiary/aromatic N) is 3. The first kappa shape index (κ1) is 15.4. The molecule has 2 aromatic heterocycles. The Morgan fingerprint density at radius 3 is 2.85 bits per heavy atom. The average Bonchev–Trinajstić information content (AvgIpc) is 3.23. The van der Waals surface area contributed by atoms with Gasteiger partial charge in [-0.15, -0.1) is 0 Å². The molecule has 132 valence electrons. The number of nitrogens with one attached hydrogen (secondary N) is 1. The number of hydrogen-bond acceptors (Lipinski definition) is 5. The minimum absolute atomic E-state index is 0.231. The molecule has 3 aromatic rings. The number of ether oxygens (including phenoxy) is 2. The van der Waals surface area contributed by atoms with Crippen LogP contribution in [-0.2, 0) is 6.61 Å². The van der Waals surface area contributed by atoms with Crippen LogP contribution in [0.5, 0.6) is 11.8 Å². The fourth-order valence-electron chi connectivity index (χ4n) is 3.56. The predicted octanol–water partition coefficient (Wildman–Crippen LogP) is 2.96. The Balaban J connectivity index is 1.43. The van der Waals surface area contributed by atoms with E-state index in [0.717, 1.165) is 48.3 Å². The minimum Gasteiger partial charge on any atom is -0.474 e. The topological polar surface area (TPSA) is 61.2 Å². The molecule has 2 aliphatic heterocycles. The van der Waals surface area contributed by atoms with E-state index in [1.54, 1.807) is 6.20 Å². The zero-order chi connectivity index (χ0) is 17.3. The molecule has 6 heteroatoms. The normalized spacial score (nSPS) is 16.5. The molecule has 6 nitrogen and oxygen atoms in total. The van der Waals surface area contributed by atoms with Gasteiger partial charge in [0.1, 0.15) is 12.7 Å². The van der Waals surface area contributed by atoms with Crippen molar-refractivity contribution in [2.24, 2.45) is 0 Å². The van der Waals surface area contributed by atoms with Crippen molar-refractivity contribution in [1.82, 2.24) is 20.1 Å². The third-order valence-electron chi connectivity index (χ3n) is 4.92. The molecular weight excluding hydrogens is 328 g/mol. The maximum atomic E-state index is 6.03. The van der Waals surface area contributed by atoms with Crippen LogP contribution >= 0.6 is 0 Å². The van der Waals surface area contributed by atoms with Crippen molar-refractivity contribution < 1.29 is 9.47 Å². The number of piperidine rings is 1. The molecule has 0 unspecified atom stereocenters. The van der Waals surface area contributed by atoms with Crippen molar-refractivity contribution in [3.63, 3.8) is 0 Å². The molecule has 1 fully saturated rings. The Morgan fingerprint density at radius 1 is 1.12 bits per heavy atom. The Bertz CT molecular complexity index is 918. The van der Waals surface area contributed by atoms with Crippen LogP contribution < -0.4 is 14.8 Å². The van der Waals surface area contributed by atoms with Gasteiger partial charge in [0, 0.05) is 24.0 Å². The van der Waals surface area contributed by atoms with E-state index in [0.29, 0.717) is 18.4 Å². The van der Waals surface area contributed by atoms with E-state index in [2.05, 4.69) is 33.6 Å². The highest BCUT2D eigenvalue weighted by molar-refractivity contribution is 5.74. The number of benzene rings is 1. The van der Waals surface area contributed by atoms with E-state index in [9.17, 15) is 0 Å². The molecule has 5 rings (SSSR count). The maximum absolute atomic E-state index is 6.03. The molecule has 0 aliphatic carbocycles. The van der Waals surface area contributed by atoms with Gasteiger partial charge in [-0.1, -0.05) is 6.07 Å². The number of hydrogen-bond donors (Lipinski definition) is 1. The summed E-state index contributed by atoms with van der Waals surface area (Å²) in [5.74, 6) is 1.29. The predicted molar refractivity (Wildman–Crippen MR) is 97.6 cm³/mol. The second-order valence-electron chi connectivity index (χ2n) is 6.65. The molecule has 1 aromatic carbocycles. The van der Waals surface area contributed by atoms with E-state index in [1.165, 1.54) is 0 Å². The molecule has 0 amide bonds. The largest absolute Gasteiger partial charge is 0.474 e. The van der Waals surface area contributed by atoms with Gasteiger partial charge in [0.2, 0.25) is 11.8 Å². The number of pyridine rings is 1. The number of aromatic nitrogens is 3. The van der Waals surface area contributed by atoms with Gasteiger partial charge in [0.25, 0.3) is 0 Å². The van der Waals surface area contributed by atoms with Crippen LogP contribution in [0.15, 0.2) is 48.8 Å². The van der Waals surface area contributed by atoms with Crippen LogP contribution in [0, 0.1) is 0 Å². The van der Waals surface area contributed by atoms with Gasteiger partial charge in [0.05, 0.1) is 5.69 Å². The molecule has 0 atom stereocenters. The highest BCUT2D eigenvalue weighted by Gasteiger charge is 2.21. The Morgan fingerprint density at radius 2 is 2.00 bits per heavy atom. The standard InChI is InChI=1S/C20H20N4O2/c1-8-22-24(11-1)15-2-3-17-14(12-15)13-25-20-18(17)4-5-19(23-20)26-16-6-9-21-10-7-16/h1-5,8,11-12,16,21H,6-7,9-10,13H2. The summed E-state index contributed by atoms with van der Waals surface area (Å²) >= 11 is 0. The number of rotatable bonds is 3. The van der Waals surface area contributed by atoms with Crippen molar-refractivity contribution in [1.29, 1.82) is 0 Å². The van der Waals surface area contributed by atoms with Gasteiger partial charge in [-0.3, -0.25) is 0 Å². The van der Waals surface area contributed by atoms with Crippen LogP contribution in [0.2, 0.25) is 0 Å². The van der Waals surface area contributed by atoms with Crippen molar-refractivity contribution >= 4 is 0 Å². The van der Waals surface area contributed by atoms with E-state index in [4.69, 9.17) is 9.47 Å². The molecule has 1 saturated heterocycles. The summed E-state index contributed by atoms with van der Waals surface area (Å²) in [4.78, 5) is 4.60. The third kappa shape index (κ3) is 2.82. The quantitative estimate of drug-likeness (QED) is 0.788. The van der Waals surface area contributed by atoms with Gasteiger partial charge in [-0.2, -0.15) is 10.1 Å². The van der Waals surface area contributed by atoms with Crippen LogP contribution in [0.4, 0.5) is 0 Å².